The third-order valence-corrected chi connectivity index (χ3v) is 5.76. The lowest BCUT2D eigenvalue weighted by atomic mass is 9.99. The van der Waals surface area contributed by atoms with E-state index in [1.54, 1.807) is 24.3 Å². The van der Waals surface area contributed by atoms with E-state index in [1.807, 2.05) is 29.2 Å². The number of anilines is 2. The van der Waals surface area contributed by atoms with Crippen LogP contribution in [0.5, 0.6) is 5.75 Å². The van der Waals surface area contributed by atoms with Crippen LogP contribution in [0.1, 0.15) is 31.7 Å². The van der Waals surface area contributed by atoms with Crippen molar-refractivity contribution < 1.29 is 27.5 Å². The first-order chi connectivity index (χ1) is 15.7. The molecular weight excluding hydrogens is 435 g/mol. The average molecular weight is 464 g/mol. The number of ether oxygens (including phenoxy) is 1. The summed E-state index contributed by atoms with van der Waals surface area (Å²) in [5.41, 5.74) is 2.62. The van der Waals surface area contributed by atoms with Crippen LogP contribution in [-0.2, 0) is 9.59 Å². The van der Waals surface area contributed by atoms with E-state index in [4.69, 9.17) is 4.74 Å². The summed E-state index contributed by atoms with van der Waals surface area (Å²) < 4.78 is 43.2. The Hall–Kier alpha value is -3.23. The predicted octanol–water partition coefficient (Wildman–Crippen LogP) is 4.43. The molecule has 1 saturated heterocycles. The average Bonchev–Trinajstić information content (AvgIpc) is 2.82. The Morgan fingerprint density at radius 3 is 2.15 bits per heavy atom. The van der Waals surface area contributed by atoms with E-state index in [9.17, 15) is 22.8 Å². The number of alkyl halides is 3. The zero-order valence-corrected chi connectivity index (χ0v) is 18.7. The summed E-state index contributed by atoms with van der Waals surface area (Å²) >= 11 is 0. The van der Waals surface area contributed by atoms with Crippen LogP contribution in [0.2, 0.25) is 0 Å². The van der Waals surface area contributed by atoms with Gasteiger partial charge in [0, 0.05) is 37.6 Å². The maximum Gasteiger partial charge on any atom is 0.471 e. The smallest absolute Gasteiger partial charge is 0.471 e. The molecule has 1 atom stereocenters. The first-order valence-corrected chi connectivity index (χ1v) is 10.9. The van der Waals surface area contributed by atoms with Crippen LogP contribution >= 0.6 is 0 Å². The normalized spacial score (nSPS) is 15.2. The Kier molecular flexibility index (Phi) is 7.84. The van der Waals surface area contributed by atoms with Crippen LogP contribution in [0, 0.1) is 0 Å². The Bertz CT molecular complexity index is 938. The van der Waals surface area contributed by atoms with E-state index in [0.29, 0.717) is 30.4 Å². The molecule has 0 radical (unpaired) electrons. The summed E-state index contributed by atoms with van der Waals surface area (Å²) in [5, 5.41) is 2.76. The highest BCUT2D eigenvalue weighted by Gasteiger charge is 2.43. The molecule has 33 heavy (non-hydrogen) atoms. The van der Waals surface area contributed by atoms with Crippen LogP contribution in [0.4, 0.5) is 24.5 Å². The van der Waals surface area contributed by atoms with Gasteiger partial charge in [0.05, 0.1) is 0 Å². The lowest BCUT2D eigenvalue weighted by Gasteiger charge is -2.36. The van der Waals surface area contributed by atoms with Crippen molar-refractivity contribution in [3.63, 3.8) is 0 Å². The fourth-order valence-electron chi connectivity index (χ4n) is 3.58. The van der Waals surface area contributed by atoms with E-state index in [-0.39, 0.29) is 25.6 Å². The van der Waals surface area contributed by atoms with Crippen molar-refractivity contribution in [2.75, 3.05) is 43.0 Å². The molecule has 0 aromatic heterocycles. The molecule has 2 amide bonds. The van der Waals surface area contributed by atoms with Crippen molar-refractivity contribution >= 4 is 23.2 Å². The molecule has 3 rings (SSSR count). The molecule has 0 bridgehead atoms. The molecule has 0 spiro atoms. The number of nitrogens with zero attached hydrogens (tertiary/aromatic N) is 2. The van der Waals surface area contributed by atoms with Gasteiger partial charge in [-0.3, -0.25) is 9.59 Å². The zero-order chi connectivity index (χ0) is 24.0. The van der Waals surface area contributed by atoms with Gasteiger partial charge >= 0.3 is 12.1 Å². The Labute approximate surface area is 191 Å². The minimum absolute atomic E-state index is 0.00645. The summed E-state index contributed by atoms with van der Waals surface area (Å²) in [6.45, 7) is 4.78. The quantitative estimate of drug-likeness (QED) is 0.660. The molecule has 178 valence electrons. The molecule has 0 aliphatic carbocycles. The predicted molar refractivity (Wildman–Crippen MR) is 121 cm³/mol. The Balaban J connectivity index is 1.46. The van der Waals surface area contributed by atoms with Crippen molar-refractivity contribution in [1.82, 2.24) is 4.90 Å². The van der Waals surface area contributed by atoms with Gasteiger partial charge in [0.25, 0.3) is 5.91 Å². The van der Waals surface area contributed by atoms with Gasteiger partial charge in [-0.2, -0.15) is 13.2 Å². The van der Waals surface area contributed by atoms with Gasteiger partial charge < -0.3 is 19.9 Å². The summed E-state index contributed by atoms with van der Waals surface area (Å²) in [4.78, 5) is 26.3. The largest absolute Gasteiger partial charge is 0.484 e. The van der Waals surface area contributed by atoms with Crippen LogP contribution in [0.15, 0.2) is 48.5 Å². The number of carbonyl (C=O) groups is 2. The molecule has 1 aliphatic rings. The molecule has 1 fully saturated rings. The topological polar surface area (TPSA) is 61.9 Å². The minimum atomic E-state index is -4.84. The number of amides is 2. The van der Waals surface area contributed by atoms with Crippen molar-refractivity contribution in [2.45, 2.75) is 32.4 Å². The van der Waals surface area contributed by atoms with Crippen molar-refractivity contribution in [3.8, 4) is 5.75 Å². The third kappa shape index (κ3) is 6.63. The molecule has 1 aliphatic heterocycles. The summed E-state index contributed by atoms with van der Waals surface area (Å²) in [5.74, 6) is -1.01. The fourth-order valence-corrected chi connectivity index (χ4v) is 3.58. The summed E-state index contributed by atoms with van der Waals surface area (Å²) in [7, 11) is 0. The highest BCUT2D eigenvalue weighted by atomic mass is 19.4. The van der Waals surface area contributed by atoms with Crippen molar-refractivity contribution in [3.05, 3.63) is 54.1 Å². The number of piperazine rings is 1. The van der Waals surface area contributed by atoms with E-state index in [2.05, 4.69) is 19.2 Å². The SMILES string of the molecule is CCC(C)c1ccc(OCC(=O)Nc2ccc(N3CCN(C(=O)C(F)(F)F)CC3)cc2)cc1. The Morgan fingerprint density at radius 2 is 1.61 bits per heavy atom. The third-order valence-electron chi connectivity index (χ3n) is 5.76. The summed E-state index contributed by atoms with van der Waals surface area (Å²) in [6, 6.07) is 14.7. The van der Waals surface area contributed by atoms with Gasteiger partial charge in [0.15, 0.2) is 6.61 Å². The standard InChI is InChI=1S/C24H28F3N3O3/c1-3-17(2)18-4-10-21(11-5-18)33-16-22(31)28-19-6-8-20(9-7-19)29-12-14-30(15-13-29)23(32)24(25,26)27/h4-11,17H,3,12-16H2,1-2H3,(H,28,31). The van der Waals surface area contributed by atoms with E-state index < -0.39 is 12.1 Å². The molecule has 0 saturated carbocycles. The highest BCUT2D eigenvalue weighted by molar-refractivity contribution is 5.92. The highest BCUT2D eigenvalue weighted by Crippen LogP contribution is 2.24. The molecule has 2 aromatic rings. The monoisotopic (exact) mass is 463 g/mol. The van der Waals surface area contributed by atoms with E-state index in [1.165, 1.54) is 5.56 Å². The number of rotatable bonds is 7. The van der Waals surface area contributed by atoms with Gasteiger partial charge in [0.1, 0.15) is 5.75 Å². The number of hydrogen-bond donors (Lipinski definition) is 1. The first-order valence-electron chi connectivity index (χ1n) is 10.9. The first kappa shape index (κ1) is 24.4. The van der Waals surface area contributed by atoms with E-state index in [0.717, 1.165) is 17.0 Å². The lowest BCUT2D eigenvalue weighted by Crippen LogP contribution is -2.52. The van der Waals surface area contributed by atoms with Gasteiger partial charge in [-0.1, -0.05) is 26.0 Å². The number of hydrogen-bond acceptors (Lipinski definition) is 4. The van der Waals surface area contributed by atoms with Gasteiger partial charge in [-0.05, 0) is 54.3 Å². The van der Waals surface area contributed by atoms with Crippen LogP contribution < -0.4 is 15.0 Å². The van der Waals surface area contributed by atoms with Crippen molar-refractivity contribution in [1.29, 1.82) is 0 Å². The molecule has 2 aromatic carbocycles. The Morgan fingerprint density at radius 1 is 1.00 bits per heavy atom. The minimum Gasteiger partial charge on any atom is -0.484 e. The second-order valence-electron chi connectivity index (χ2n) is 8.04. The van der Waals surface area contributed by atoms with Gasteiger partial charge in [-0.25, -0.2) is 0 Å². The molecule has 9 heteroatoms. The number of carbonyl (C=O) groups excluding carboxylic acids is 2. The number of halogens is 3. The van der Waals surface area contributed by atoms with Crippen LogP contribution in [0.3, 0.4) is 0 Å². The maximum absolute atomic E-state index is 12.6. The van der Waals surface area contributed by atoms with Gasteiger partial charge in [-0.15, -0.1) is 0 Å². The second-order valence-corrected chi connectivity index (χ2v) is 8.04. The fraction of sp³-hybridized carbons (Fsp3) is 0.417. The second kappa shape index (κ2) is 10.6. The number of nitrogens with one attached hydrogen (secondary N) is 1. The maximum atomic E-state index is 12.6. The van der Waals surface area contributed by atoms with Crippen LogP contribution in [-0.4, -0.2) is 55.7 Å². The molecule has 1 unspecified atom stereocenters. The molecule has 1 heterocycles. The number of benzene rings is 2. The van der Waals surface area contributed by atoms with Crippen LogP contribution in [0.25, 0.3) is 0 Å². The van der Waals surface area contributed by atoms with Crippen molar-refractivity contribution in [2.24, 2.45) is 0 Å². The van der Waals surface area contributed by atoms with E-state index >= 15 is 0 Å². The summed E-state index contributed by atoms with van der Waals surface area (Å²) in [6.07, 6.45) is -3.79. The molecule has 1 N–H and O–H groups in total. The molecule has 6 nitrogen and oxygen atoms in total. The lowest BCUT2D eigenvalue weighted by molar-refractivity contribution is -0.185. The molecular formula is C24H28F3N3O3. The zero-order valence-electron chi connectivity index (χ0n) is 18.7. The van der Waals surface area contributed by atoms with Gasteiger partial charge in [0.2, 0.25) is 0 Å².